The van der Waals surface area contributed by atoms with Crippen LogP contribution in [0.25, 0.3) is 6.08 Å². The summed E-state index contributed by atoms with van der Waals surface area (Å²) in [5, 5.41) is 0. The van der Waals surface area contributed by atoms with Gasteiger partial charge in [0.15, 0.2) is 0 Å². The number of benzene rings is 3. The van der Waals surface area contributed by atoms with Crippen molar-refractivity contribution in [2.75, 3.05) is 26.2 Å². The van der Waals surface area contributed by atoms with E-state index >= 15 is 0 Å². The number of nitrogens with zero attached hydrogens (tertiary/aromatic N) is 2. The maximum absolute atomic E-state index is 12.7. The molecule has 3 aromatic carbocycles. The summed E-state index contributed by atoms with van der Waals surface area (Å²) in [4.78, 5) is 17.2. The first-order chi connectivity index (χ1) is 15.5. The minimum Gasteiger partial charge on any atom is -0.337 e. The van der Waals surface area contributed by atoms with E-state index in [0.29, 0.717) is 0 Å². The van der Waals surface area contributed by atoms with E-state index in [1.54, 1.807) is 6.08 Å². The Morgan fingerprint density at radius 1 is 0.781 bits per heavy atom. The summed E-state index contributed by atoms with van der Waals surface area (Å²) < 4.78 is 2.15. The number of carbonyl (C=O) groups excluding carboxylic acids is 1. The van der Waals surface area contributed by atoms with E-state index < -0.39 is 0 Å². The Morgan fingerprint density at radius 3 is 1.78 bits per heavy atom. The Bertz CT molecular complexity index is 1020. The average molecular weight is 554 g/mol. The highest BCUT2D eigenvalue weighted by molar-refractivity contribution is 9.10. The van der Waals surface area contributed by atoms with Crippen LogP contribution in [0.4, 0.5) is 0 Å². The Kier molecular flexibility index (Phi) is 7.61. The molecule has 1 heterocycles. The fourth-order valence-corrected chi connectivity index (χ4v) is 4.58. The van der Waals surface area contributed by atoms with Crippen LogP contribution in [0.3, 0.4) is 0 Å². The van der Waals surface area contributed by atoms with Crippen molar-refractivity contribution in [1.29, 1.82) is 0 Å². The molecule has 1 fully saturated rings. The topological polar surface area (TPSA) is 23.6 Å². The Morgan fingerprint density at radius 2 is 1.28 bits per heavy atom. The number of rotatable bonds is 5. The van der Waals surface area contributed by atoms with Gasteiger partial charge in [-0.2, -0.15) is 0 Å². The van der Waals surface area contributed by atoms with Gasteiger partial charge >= 0.3 is 0 Å². The minimum atomic E-state index is 0.0778. The Labute approximate surface area is 207 Å². The molecule has 0 spiro atoms. The van der Waals surface area contributed by atoms with E-state index in [0.717, 1.165) is 40.7 Å². The number of piperazine rings is 1. The van der Waals surface area contributed by atoms with Crippen molar-refractivity contribution in [3.8, 4) is 0 Å². The van der Waals surface area contributed by atoms with Crippen LogP contribution in [-0.2, 0) is 4.79 Å². The lowest BCUT2D eigenvalue weighted by Gasteiger charge is -2.39. The second-order valence-corrected chi connectivity index (χ2v) is 9.94. The highest BCUT2D eigenvalue weighted by Gasteiger charge is 2.27. The molecule has 0 bridgehead atoms. The van der Waals surface area contributed by atoms with Gasteiger partial charge in [-0.15, -0.1) is 0 Å². The molecule has 164 valence electrons. The molecule has 0 saturated carbocycles. The summed E-state index contributed by atoms with van der Waals surface area (Å²) in [6, 6.07) is 25.5. The van der Waals surface area contributed by atoms with E-state index in [1.807, 2.05) is 23.1 Å². The zero-order valence-corrected chi connectivity index (χ0v) is 21.2. The number of amides is 1. The van der Waals surface area contributed by atoms with E-state index in [-0.39, 0.29) is 11.9 Å². The largest absolute Gasteiger partial charge is 0.337 e. The average Bonchev–Trinajstić information content (AvgIpc) is 2.81. The molecule has 1 aliphatic heterocycles. The van der Waals surface area contributed by atoms with Gasteiger partial charge in [0.25, 0.3) is 0 Å². The number of hydrogen-bond acceptors (Lipinski definition) is 2. The van der Waals surface area contributed by atoms with E-state index in [2.05, 4.69) is 104 Å². The molecular weight excluding hydrogens is 528 g/mol. The van der Waals surface area contributed by atoms with Gasteiger partial charge in [0.05, 0.1) is 6.04 Å². The monoisotopic (exact) mass is 552 g/mol. The highest BCUT2D eigenvalue weighted by Crippen LogP contribution is 2.31. The summed E-state index contributed by atoms with van der Waals surface area (Å²) in [5.41, 5.74) is 4.79. The summed E-state index contributed by atoms with van der Waals surface area (Å²) in [7, 11) is 0. The van der Waals surface area contributed by atoms with Crippen molar-refractivity contribution in [3.05, 3.63) is 110 Å². The summed E-state index contributed by atoms with van der Waals surface area (Å²) in [5.74, 6) is 0.0778. The van der Waals surface area contributed by atoms with E-state index in [4.69, 9.17) is 0 Å². The molecule has 3 nitrogen and oxygen atoms in total. The highest BCUT2D eigenvalue weighted by atomic mass is 79.9. The third-order valence-electron chi connectivity index (χ3n) is 5.86. The van der Waals surface area contributed by atoms with Crippen LogP contribution in [0.5, 0.6) is 0 Å². The van der Waals surface area contributed by atoms with Crippen molar-refractivity contribution < 1.29 is 4.79 Å². The molecule has 0 aromatic heterocycles. The minimum absolute atomic E-state index is 0.0778. The molecule has 4 rings (SSSR count). The standard InChI is InChI=1S/C27H26Br2N2O/c1-20-2-4-21(5-3-20)6-15-26(32)30-16-18-31(19-17-30)27(22-7-11-24(28)12-8-22)23-9-13-25(29)14-10-23/h2-15,27H,16-19H2,1H3/b15-6+. The number of halogens is 2. The van der Waals surface area contributed by atoms with E-state index in [9.17, 15) is 4.79 Å². The maximum Gasteiger partial charge on any atom is 0.246 e. The molecule has 32 heavy (non-hydrogen) atoms. The molecule has 0 N–H and O–H groups in total. The molecular formula is C27H26Br2N2O. The quantitative estimate of drug-likeness (QED) is 0.338. The SMILES string of the molecule is Cc1ccc(/C=C/C(=O)N2CCN(C(c3ccc(Br)cc3)c3ccc(Br)cc3)CC2)cc1. The van der Waals surface area contributed by atoms with Crippen LogP contribution in [0.2, 0.25) is 0 Å². The second kappa shape index (κ2) is 10.6. The lowest BCUT2D eigenvalue weighted by molar-refractivity contribution is -0.127. The number of hydrogen-bond donors (Lipinski definition) is 0. The number of aryl methyl sites for hydroxylation is 1. The molecule has 0 aliphatic carbocycles. The predicted molar refractivity (Wildman–Crippen MR) is 138 cm³/mol. The van der Waals surface area contributed by atoms with Crippen LogP contribution in [0.15, 0.2) is 87.8 Å². The molecule has 0 atom stereocenters. The normalized spacial score (nSPS) is 14.9. The third-order valence-corrected chi connectivity index (χ3v) is 6.92. The third kappa shape index (κ3) is 5.77. The predicted octanol–water partition coefficient (Wildman–Crippen LogP) is 6.47. The molecule has 1 saturated heterocycles. The van der Waals surface area contributed by atoms with Gasteiger partial charge in [-0.25, -0.2) is 0 Å². The molecule has 1 amide bonds. The van der Waals surface area contributed by atoms with Crippen LogP contribution in [-0.4, -0.2) is 41.9 Å². The molecule has 0 radical (unpaired) electrons. The molecule has 5 heteroatoms. The number of carbonyl (C=O) groups is 1. The fourth-order valence-electron chi connectivity index (χ4n) is 4.06. The van der Waals surface area contributed by atoms with Crippen molar-refractivity contribution >= 4 is 43.8 Å². The van der Waals surface area contributed by atoms with Crippen molar-refractivity contribution in [3.63, 3.8) is 0 Å². The molecule has 0 unspecified atom stereocenters. The van der Waals surface area contributed by atoms with Gasteiger partial charge in [-0.3, -0.25) is 9.69 Å². The lowest BCUT2D eigenvalue weighted by Crippen LogP contribution is -2.49. The van der Waals surface area contributed by atoms with Crippen LogP contribution in [0, 0.1) is 6.92 Å². The zero-order valence-electron chi connectivity index (χ0n) is 18.0. The Hall–Kier alpha value is -2.21. The smallest absolute Gasteiger partial charge is 0.246 e. The maximum atomic E-state index is 12.7. The van der Waals surface area contributed by atoms with Gasteiger partial charge in [-0.05, 0) is 54.0 Å². The van der Waals surface area contributed by atoms with Crippen LogP contribution >= 0.6 is 31.9 Å². The van der Waals surface area contributed by atoms with Crippen molar-refractivity contribution in [2.24, 2.45) is 0 Å². The van der Waals surface area contributed by atoms with Crippen molar-refractivity contribution in [2.45, 2.75) is 13.0 Å². The summed E-state index contributed by atoms with van der Waals surface area (Å²) in [6.07, 6.45) is 3.60. The van der Waals surface area contributed by atoms with Gasteiger partial charge in [0.2, 0.25) is 5.91 Å². The first-order valence-corrected chi connectivity index (χ1v) is 12.4. The van der Waals surface area contributed by atoms with Gasteiger partial charge in [0.1, 0.15) is 0 Å². The second-order valence-electron chi connectivity index (χ2n) is 8.11. The van der Waals surface area contributed by atoms with Crippen LogP contribution in [0.1, 0.15) is 28.3 Å². The van der Waals surface area contributed by atoms with Crippen molar-refractivity contribution in [1.82, 2.24) is 9.80 Å². The first kappa shape index (κ1) is 23.0. The van der Waals surface area contributed by atoms with Gasteiger partial charge in [0, 0.05) is 41.2 Å². The molecule has 3 aromatic rings. The molecule has 1 aliphatic rings. The Balaban J connectivity index is 1.46. The fraction of sp³-hybridized carbons (Fsp3) is 0.222. The first-order valence-electron chi connectivity index (χ1n) is 10.8. The van der Waals surface area contributed by atoms with E-state index in [1.165, 1.54) is 16.7 Å². The summed E-state index contributed by atoms with van der Waals surface area (Å²) >= 11 is 7.09. The van der Waals surface area contributed by atoms with Crippen LogP contribution < -0.4 is 0 Å². The lowest BCUT2D eigenvalue weighted by atomic mass is 9.96. The zero-order chi connectivity index (χ0) is 22.5. The van der Waals surface area contributed by atoms with Gasteiger partial charge < -0.3 is 4.90 Å². The summed E-state index contributed by atoms with van der Waals surface area (Å²) in [6.45, 7) is 5.18. The van der Waals surface area contributed by atoms with Gasteiger partial charge in [-0.1, -0.05) is 86.0 Å².